The molecule has 0 aliphatic rings. The Labute approximate surface area is 127 Å². The van der Waals surface area contributed by atoms with Gasteiger partial charge in [-0.1, -0.05) is 0 Å². The normalized spacial score (nSPS) is 10.7. The summed E-state index contributed by atoms with van der Waals surface area (Å²) < 4.78 is 7.77. The molecular formula is C16H18N2O4. The van der Waals surface area contributed by atoms with E-state index in [1.807, 2.05) is 13.8 Å². The molecule has 6 nitrogen and oxygen atoms in total. The van der Waals surface area contributed by atoms with Crippen LogP contribution in [0.4, 0.5) is 0 Å². The second kappa shape index (κ2) is 6.43. The number of nitrogens with zero attached hydrogens (tertiary/aromatic N) is 2. The molecule has 0 aliphatic heterocycles. The summed E-state index contributed by atoms with van der Waals surface area (Å²) in [6.07, 6.45) is 3.38. The number of hydrogen-bond acceptors (Lipinski definition) is 4. The Morgan fingerprint density at radius 3 is 2.27 bits per heavy atom. The fourth-order valence-electron chi connectivity index (χ4n) is 2.07. The third-order valence-corrected chi connectivity index (χ3v) is 3.23. The summed E-state index contributed by atoms with van der Waals surface area (Å²) in [7, 11) is 0. The summed E-state index contributed by atoms with van der Waals surface area (Å²) in [5, 5.41) is 0. The SMILES string of the molecule is CCOC(=O)C(=O)c1ccc(-n2ccn(C(C)C)c2=O)cc1. The van der Waals surface area contributed by atoms with Gasteiger partial charge in [0.05, 0.1) is 12.3 Å². The van der Waals surface area contributed by atoms with Crippen molar-refractivity contribution in [3.8, 4) is 5.69 Å². The topological polar surface area (TPSA) is 70.3 Å². The Kier molecular flexibility index (Phi) is 4.60. The molecule has 1 aromatic carbocycles. The molecule has 0 bridgehead atoms. The zero-order valence-electron chi connectivity index (χ0n) is 12.8. The van der Waals surface area contributed by atoms with Crippen molar-refractivity contribution in [1.29, 1.82) is 0 Å². The highest BCUT2D eigenvalue weighted by molar-refractivity contribution is 6.40. The number of carbonyl (C=O) groups is 2. The molecule has 1 aromatic heterocycles. The number of benzene rings is 1. The minimum absolute atomic E-state index is 0.0680. The molecule has 22 heavy (non-hydrogen) atoms. The molecule has 0 fully saturated rings. The first-order valence-electron chi connectivity index (χ1n) is 7.07. The lowest BCUT2D eigenvalue weighted by molar-refractivity contribution is -0.137. The molecule has 0 aliphatic carbocycles. The van der Waals surface area contributed by atoms with E-state index < -0.39 is 11.8 Å². The molecular weight excluding hydrogens is 284 g/mol. The number of Topliss-reactive ketones (excluding diaryl/α,β-unsaturated/α-hetero) is 1. The Morgan fingerprint density at radius 2 is 1.77 bits per heavy atom. The molecule has 2 aromatic rings. The zero-order chi connectivity index (χ0) is 16.3. The number of hydrogen-bond donors (Lipinski definition) is 0. The number of esters is 1. The third kappa shape index (κ3) is 3.00. The van der Waals surface area contributed by atoms with Gasteiger partial charge in [-0.25, -0.2) is 9.59 Å². The monoisotopic (exact) mass is 302 g/mol. The Morgan fingerprint density at radius 1 is 1.14 bits per heavy atom. The van der Waals surface area contributed by atoms with Gasteiger partial charge < -0.3 is 4.74 Å². The molecule has 6 heteroatoms. The van der Waals surface area contributed by atoms with E-state index in [1.54, 1.807) is 36.0 Å². The average Bonchev–Trinajstić information content (AvgIpc) is 2.89. The first-order valence-corrected chi connectivity index (χ1v) is 7.07. The minimum atomic E-state index is -0.877. The van der Waals surface area contributed by atoms with Gasteiger partial charge in [0.2, 0.25) is 0 Å². The maximum atomic E-state index is 12.2. The summed E-state index contributed by atoms with van der Waals surface area (Å²) in [4.78, 5) is 35.4. The summed E-state index contributed by atoms with van der Waals surface area (Å²) in [6.45, 7) is 5.64. The predicted molar refractivity (Wildman–Crippen MR) is 81.4 cm³/mol. The van der Waals surface area contributed by atoms with Crippen molar-refractivity contribution in [3.05, 3.63) is 52.7 Å². The van der Waals surface area contributed by atoms with Crippen LogP contribution in [0, 0.1) is 0 Å². The number of ether oxygens (including phenoxy) is 1. The molecule has 0 N–H and O–H groups in total. The molecule has 0 saturated heterocycles. The molecule has 1 heterocycles. The Balaban J connectivity index is 2.28. The van der Waals surface area contributed by atoms with Crippen LogP contribution in [0.25, 0.3) is 5.69 Å². The van der Waals surface area contributed by atoms with Crippen LogP contribution in [-0.2, 0) is 9.53 Å². The van der Waals surface area contributed by atoms with Gasteiger partial charge in [-0.2, -0.15) is 0 Å². The fraction of sp³-hybridized carbons (Fsp3) is 0.312. The number of rotatable bonds is 5. The van der Waals surface area contributed by atoms with E-state index in [2.05, 4.69) is 4.74 Å². The first-order chi connectivity index (χ1) is 10.5. The Bertz CT molecular complexity index is 738. The van der Waals surface area contributed by atoms with Crippen LogP contribution in [0.1, 0.15) is 37.2 Å². The van der Waals surface area contributed by atoms with E-state index in [0.717, 1.165) is 0 Å². The highest BCUT2D eigenvalue weighted by Crippen LogP contribution is 2.10. The highest BCUT2D eigenvalue weighted by atomic mass is 16.5. The number of aromatic nitrogens is 2. The smallest absolute Gasteiger partial charge is 0.379 e. The van der Waals surface area contributed by atoms with Gasteiger partial charge in [0.15, 0.2) is 0 Å². The molecule has 0 radical (unpaired) electrons. The van der Waals surface area contributed by atoms with E-state index in [9.17, 15) is 14.4 Å². The number of carbonyl (C=O) groups excluding carboxylic acids is 2. The van der Waals surface area contributed by atoms with Crippen molar-refractivity contribution in [2.45, 2.75) is 26.8 Å². The van der Waals surface area contributed by atoms with Gasteiger partial charge in [0.1, 0.15) is 0 Å². The number of imidazole rings is 1. The van der Waals surface area contributed by atoms with Gasteiger partial charge >= 0.3 is 11.7 Å². The lowest BCUT2D eigenvalue weighted by Gasteiger charge is -2.06. The van der Waals surface area contributed by atoms with Crippen LogP contribution >= 0.6 is 0 Å². The summed E-state index contributed by atoms with van der Waals surface area (Å²) >= 11 is 0. The largest absolute Gasteiger partial charge is 0.460 e. The van der Waals surface area contributed by atoms with Crippen LogP contribution in [0.2, 0.25) is 0 Å². The van der Waals surface area contributed by atoms with Crippen LogP contribution < -0.4 is 5.69 Å². The molecule has 0 atom stereocenters. The maximum Gasteiger partial charge on any atom is 0.379 e. The fourth-order valence-corrected chi connectivity index (χ4v) is 2.07. The van der Waals surface area contributed by atoms with Crippen molar-refractivity contribution in [2.24, 2.45) is 0 Å². The maximum absolute atomic E-state index is 12.2. The molecule has 0 amide bonds. The van der Waals surface area contributed by atoms with Crippen molar-refractivity contribution < 1.29 is 14.3 Å². The second-order valence-corrected chi connectivity index (χ2v) is 5.05. The van der Waals surface area contributed by atoms with Gasteiger partial charge in [-0.15, -0.1) is 0 Å². The van der Waals surface area contributed by atoms with E-state index in [-0.39, 0.29) is 23.9 Å². The van der Waals surface area contributed by atoms with Crippen LogP contribution in [-0.4, -0.2) is 27.5 Å². The molecule has 0 saturated carbocycles. The lowest BCUT2D eigenvalue weighted by atomic mass is 10.1. The molecule has 0 spiro atoms. The zero-order valence-corrected chi connectivity index (χ0v) is 12.8. The van der Waals surface area contributed by atoms with Gasteiger partial charge in [-0.05, 0) is 45.0 Å². The predicted octanol–water partition coefficient (Wildman–Crippen LogP) is 1.97. The van der Waals surface area contributed by atoms with Crippen molar-refractivity contribution in [1.82, 2.24) is 9.13 Å². The number of ketones is 1. The highest BCUT2D eigenvalue weighted by Gasteiger charge is 2.17. The minimum Gasteiger partial charge on any atom is -0.460 e. The van der Waals surface area contributed by atoms with Gasteiger partial charge in [0, 0.05) is 24.0 Å². The lowest BCUT2D eigenvalue weighted by Crippen LogP contribution is -2.24. The van der Waals surface area contributed by atoms with Gasteiger partial charge in [0.25, 0.3) is 5.78 Å². The van der Waals surface area contributed by atoms with E-state index in [0.29, 0.717) is 5.69 Å². The van der Waals surface area contributed by atoms with Crippen LogP contribution in [0.3, 0.4) is 0 Å². The Hall–Kier alpha value is -2.63. The van der Waals surface area contributed by atoms with E-state index in [4.69, 9.17) is 0 Å². The molecule has 0 unspecified atom stereocenters. The van der Waals surface area contributed by atoms with Crippen LogP contribution in [0.15, 0.2) is 41.5 Å². The van der Waals surface area contributed by atoms with Crippen molar-refractivity contribution in [2.75, 3.05) is 6.61 Å². The van der Waals surface area contributed by atoms with Crippen LogP contribution in [0.5, 0.6) is 0 Å². The summed E-state index contributed by atoms with van der Waals surface area (Å²) in [6, 6.07) is 6.33. The third-order valence-electron chi connectivity index (χ3n) is 3.23. The van der Waals surface area contributed by atoms with Crippen molar-refractivity contribution >= 4 is 11.8 Å². The molecule has 2 rings (SSSR count). The standard InChI is InChI=1S/C16H18N2O4/c1-4-22-15(20)14(19)12-5-7-13(8-6-12)18-10-9-17(11(2)3)16(18)21/h5-11H,4H2,1-3H3. The average molecular weight is 302 g/mol. The first kappa shape index (κ1) is 15.8. The second-order valence-electron chi connectivity index (χ2n) is 5.05. The van der Waals surface area contributed by atoms with E-state index in [1.165, 1.54) is 16.7 Å². The summed E-state index contributed by atoms with van der Waals surface area (Å²) in [5.41, 5.74) is 0.711. The van der Waals surface area contributed by atoms with E-state index >= 15 is 0 Å². The van der Waals surface area contributed by atoms with Crippen molar-refractivity contribution in [3.63, 3.8) is 0 Å². The summed E-state index contributed by atoms with van der Waals surface area (Å²) in [5.74, 6) is -1.57. The quantitative estimate of drug-likeness (QED) is 0.481. The molecule has 116 valence electrons. The van der Waals surface area contributed by atoms with Gasteiger partial charge in [-0.3, -0.25) is 13.9 Å².